The largest absolute Gasteiger partial charge is 0.352 e. The van der Waals surface area contributed by atoms with Crippen LogP contribution in [0.2, 0.25) is 0 Å². The first-order valence-electron chi connectivity index (χ1n) is 10.9. The minimum atomic E-state index is -0.498. The van der Waals surface area contributed by atoms with Gasteiger partial charge in [0.2, 0.25) is 11.8 Å². The van der Waals surface area contributed by atoms with Gasteiger partial charge in [0.05, 0.1) is 5.75 Å². The van der Waals surface area contributed by atoms with Crippen LogP contribution in [0, 0.1) is 6.92 Å². The summed E-state index contributed by atoms with van der Waals surface area (Å²) in [5.41, 5.74) is 3.38. The predicted octanol–water partition coefficient (Wildman–Crippen LogP) is 5.47. The van der Waals surface area contributed by atoms with Gasteiger partial charge >= 0.3 is 0 Å². The number of carbonyl (C=O) groups is 2. The first kappa shape index (κ1) is 23.9. The molecule has 0 spiro atoms. The molecule has 4 nitrogen and oxygen atoms in total. The number of nitrogens with zero attached hydrogens (tertiary/aromatic N) is 1. The molecule has 2 amide bonds. The van der Waals surface area contributed by atoms with Crippen LogP contribution < -0.4 is 5.32 Å². The SMILES string of the molecule is Cc1cccc(CN(C(=O)CSCc2ccc(Br)cc2)[C@H](C)C(=O)NC2CCCC2)c1. The Labute approximate surface area is 198 Å². The van der Waals surface area contributed by atoms with Crippen molar-refractivity contribution in [3.8, 4) is 0 Å². The maximum Gasteiger partial charge on any atom is 0.242 e. The number of benzene rings is 2. The van der Waals surface area contributed by atoms with E-state index in [1.807, 2.05) is 44.2 Å². The average Bonchev–Trinajstić information content (AvgIpc) is 3.26. The fraction of sp³-hybridized carbons (Fsp3) is 0.440. The molecule has 1 atom stereocenters. The lowest BCUT2D eigenvalue weighted by molar-refractivity contribution is -0.138. The van der Waals surface area contributed by atoms with E-state index in [1.54, 1.807) is 16.7 Å². The lowest BCUT2D eigenvalue weighted by Crippen LogP contribution is -2.50. The summed E-state index contributed by atoms with van der Waals surface area (Å²) in [6, 6.07) is 16.0. The smallest absolute Gasteiger partial charge is 0.242 e. The average molecular weight is 504 g/mol. The zero-order valence-corrected chi connectivity index (χ0v) is 20.7. The van der Waals surface area contributed by atoms with Gasteiger partial charge in [0, 0.05) is 22.8 Å². The Morgan fingerprint density at radius 3 is 2.52 bits per heavy atom. The summed E-state index contributed by atoms with van der Waals surface area (Å²) in [6.07, 6.45) is 4.40. The van der Waals surface area contributed by atoms with Crippen LogP contribution >= 0.6 is 27.7 Å². The Bertz CT molecular complexity index is 881. The van der Waals surface area contributed by atoms with Crippen LogP contribution in [-0.4, -0.2) is 34.6 Å². The summed E-state index contributed by atoms with van der Waals surface area (Å²) in [5, 5.41) is 3.15. The van der Waals surface area contributed by atoms with Crippen LogP contribution in [0.3, 0.4) is 0 Å². The summed E-state index contributed by atoms with van der Waals surface area (Å²) >= 11 is 5.03. The summed E-state index contributed by atoms with van der Waals surface area (Å²) in [5.74, 6) is 1.06. The second-order valence-electron chi connectivity index (χ2n) is 8.30. The van der Waals surface area contributed by atoms with E-state index in [9.17, 15) is 9.59 Å². The molecule has 3 rings (SSSR count). The van der Waals surface area contributed by atoms with E-state index in [2.05, 4.69) is 39.4 Å². The number of rotatable bonds is 9. The van der Waals surface area contributed by atoms with Gasteiger partial charge in [0.25, 0.3) is 0 Å². The summed E-state index contributed by atoms with van der Waals surface area (Å²) in [4.78, 5) is 27.8. The van der Waals surface area contributed by atoms with Gasteiger partial charge < -0.3 is 10.2 Å². The Kier molecular flexibility index (Phi) is 9.02. The van der Waals surface area contributed by atoms with Gasteiger partial charge in [-0.05, 0) is 49.9 Å². The first-order chi connectivity index (χ1) is 14.9. The second-order valence-corrected chi connectivity index (χ2v) is 10.2. The molecule has 166 valence electrons. The Morgan fingerprint density at radius 1 is 1.13 bits per heavy atom. The van der Waals surface area contributed by atoms with Crippen molar-refractivity contribution < 1.29 is 9.59 Å². The van der Waals surface area contributed by atoms with Crippen molar-refractivity contribution >= 4 is 39.5 Å². The van der Waals surface area contributed by atoms with Crippen molar-refractivity contribution in [3.63, 3.8) is 0 Å². The quantitative estimate of drug-likeness (QED) is 0.494. The highest BCUT2D eigenvalue weighted by molar-refractivity contribution is 9.10. The molecule has 0 radical (unpaired) electrons. The zero-order valence-electron chi connectivity index (χ0n) is 18.3. The molecule has 1 fully saturated rings. The molecule has 0 unspecified atom stereocenters. The number of halogens is 1. The minimum absolute atomic E-state index is 0.00214. The maximum atomic E-state index is 13.2. The van der Waals surface area contributed by atoms with Gasteiger partial charge in [0.1, 0.15) is 6.04 Å². The number of hydrogen-bond acceptors (Lipinski definition) is 3. The highest BCUT2D eigenvalue weighted by Gasteiger charge is 2.28. The van der Waals surface area contributed by atoms with Gasteiger partial charge in [0.15, 0.2) is 0 Å². The number of carbonyl (C=O) groups excluding carboxylic acids is 2. The van der Waals surface area contributed by atoms with E-state index < -0.39 is 6.04 Å². The molecule has 6 heteroatoms. The molecule has 1 N–H and O–H groups in total. The van der Waals surface area contributed by atoms with E-state index in [0.29, 0.717) is 12.3 Å². The molecular weight excluding hydrogens is 472 g/mol. The van der Waals surface area contributed by atoms with Crippen LogP contribution in [0.15, 0.2) is 53.0 Å². The van der Waals surface area contributed by atoms with Crippen LogP contribution in [0.25, 0.3) is 0 Å². The molecule has 31 heavy (non-hydrogen) atoms. The third-order valence-corrected chi connectivity index (χ3v) is 7.23. The summed E-state index contributed by atoms with van der Waals surface area (Å²) in [6.45, 7) is 4.33. The van der Waals surface area contributed by atoms with Crippen LogP contribution in [0.5, 0.6) is 0 Å². The van der Waals surface area contributed by atoms with Crippen molar-refractivity contribution in [1.29, 1.82) is 0 Å². The monoisotopic (exact) mass is 502 g/mol. The number of aryl methyl sites for hydroxylation is 1. The van der Waals surface area contributed by atoms with Gasteiger partial charge in [-0.1, -0.05) is 70.7 Å². The van der Waals surface area contributed by atoms with Gasteiger partial charge in [-0.2, -0.15) is 0 Å². The second kappa shape index (κ2) is 11.7. The lowest BCUT2D eigenvalue weighted by atomic mass is 10.1. The highest BCUT2D eigenvalue weighted by atomic mass is 79.9. The lowest BCUT2D eigenvalue weighted by Gasteiger charge is -2.30. The Hall–Kier alpha value is -1.79. The normalized spacial score (nSPS) is 14.9. The van der Waals surface area contributed by atoms with E-state index >= 15 is 0 Å². The van der Waals surface area contributed by atoms with Crippen molar-refractivity contribution in [2.24, 2.45) is 0 Å². The molecule has 1 aliphatic carbocycles. The first-order valence-corrected chi connectivity index (χ1v) is 12.8. The molecule has 0 aromatic heterocycles. The van der Waals surface area contributed by atoms with Gasteiger partial charge in [-0.25, -0.2) is 0 Å². The number of thioether (sulfide) groups is 1. The molecule has 0 saturated heterocycles. The molecule has 2 aromatic rings. The number of amides is 2. The molecule has 0 bridgehead atoms. The fourth-order valence-electron chi connectivity index (χ4n) is 3.90. The summed E-state index contributed by atoms with van der Waals surface area (Å²) in [7, 11) is 0. The van der Waals surface area contributed by atoms with Gasteiger partial charge in [-0.3, -0.25) is 9.59 Å². The summed E-state index contributed by atoms with van der Waals surface area (Å²) < 4.78 is 1.05. The van der Waals surface area contributed by atoms with E-state index in [1.165, 1.54) is 5.56 Å². The minimum Gasteiger partial charge on any atom is -0.352 e. The van der Waals surface area contributed by atoms with Crippen molar-refractivity contribution in [3.05, 3.63) is 69.7 Å². The van der Waals surface area contributed by atoms with E-state index in [-0.39, 0.29) is 17.9 Å². The third kappa shape index (κ3) is 7.39. The van der Waals surface area contributed by atoms with Crippen LogP contribution in [-0.2, 0) is 21.9 Å². The van der Waals surface area contributed by atoms with Crippen molar-refractivity contribution in [1.82, 2.24) is 10.2 Å². The van der Waals surface area contributed by atoms with Crippen molar-refractivity contribution in [2.75, 3.05) is 5.75 Å². The highest BCUT2D eigenvalue weighted by Crippen LogP contribution is 2.20. The topological polar surface area (TPSA) is 49.4 Å². The molecule has 0 aliphatic heterocycles. The molecular formula is C25H31BrN2O2S. The number of nitrogens with one attached hydrogen (secondary N) is 1. The fourth-order valence-corrected chi connectivity index (χ4v) is 5.04. The Balaban J connectivity index is 1.65. The Morgan fingerprint density at radius 2 is 1.84 bits per heavy atom. The third-order valence-electron chi connectivity index (χ3n) is 5.71. The van der Waals surface area contributed by atoms with E-state index in [0.717, 1.165) is 47.0 Å². The van der Waals surface area contributed by atoms with E-state index in [4.69, 9.17) is 0 Å². The maximum absolute atomic E-state index is 13.2. The predicted molar refractivity (Wildman–Crippen MR) is 132 cm³/mol. The zero-order chi connectivity index (χ0) is 22.2. The standard InChI is InChI=1S/C25H31BrN2O2S/c1-18-6-5-7-21(14-18)15-28(19(2)25(30)27-23-8-3-4-9-23)24(29)17-31-16-20-10-12-22(26)13-11-20/h5-7,10-14,19,23H,3-4,8-9,15-17H2,1-2H3,(H,27,30)/t19-/m1/s1. The van der Waals surface area contributed by atoms with Crippen molar-refractivity contribution in [2.45, 2.75) is 63.9 Å². The number of hydrogen-bond donors (Lipinski definition) is 1. The molecule has 1 aliphatic rings. The van der Waals surface area contributed by atoms with Crippen LogP contribution in [0.4, 0.5) is 0 Å². The molecule has 2 aromatic carbocycles. The molecule has 1 saturated carbocycles. The van der Waals surface area contributed by atoms with Crippen LogP contribution in [0.1, 0.15) is 49.3 Å². The molecule has 0 heterocycles. The van der Waals surface area contributed by atoms with Gasteiger partial charge in [-0.15, -0.1) is 11.8 Å².